The van der Waals surface area contributed by atoms with E-state index in [9.17, 15) is 18.0 Å². The fraction of sp³-hybridized carbons (Fsp3) is 0.471. The van der Waals surface area contributed by atoms with Gasteiger partial charge in [-0.15, -0.1) is 11.3 Å². The molecule has 0 bridgehead atoms. The molecule has 1 aromatic carbocycles. The number of fused-ring (bicyclic) bond motifs is 1. The average molecular weight is 341 g/mol. The van der Waals surface area contributed by atoms with E-state index in [2.05, 4.69) is 5.32 Å². The molecule has 0 aliphatic heterocycles. The molecule has 0 saturated heterocycles. The molecule has 6 heteroatoms. The molecule has 124 valence electrons. The number of aryl methyl sites for hydroxylation is 1. The Bertz CT molecular complexity index is 722. The van der Waals surface area contributed by atoms with Crippen molar-refractivity contribution in [3.63, 3.8) is 0 Å². The van der Waals surface area contributed by atoms with Crippen LogP contribution in [0.1, 0.15) is 40.9 Å². The minimum absolute atomic E-state index is 0.0147. The van der Waals surface area contributed by atoms with Crippen molar-refractivity contribution in [2.75, 3.05) is 0 Å². The Morgan fingerprint density at radius 3 is 2.70 bits per heavy atom. The first-order valence-corrected chi connectivity index (χ1v) is 8.53. The van der Waals surface area contributed by atoms with Crippen LogP contribution in [0.2, 0.25) is 0 Å². The molecule has 1 saturated carbocycles. The number of alkyl halides is 3. The quantitative estimate of drug-likeness (QED) is 0.813. The predicted octanol–water partition coefficient (Wildman–Crippen LogP) is 5.06. The maximum absolute atomic E-state index is 12.9. The van der Waals surface area contributed by atoms with E-state index in [4.69, 9.17) is 0 Å². The van der Waals surface area contributed by atoms with Crippen LogP contribution >= 0.6 is 11.3 Å². The van der Waals surface area contributed by atoms with E-state index < -0.39 is 18.1 Å². The molecular formula is C17H18F3NOS. The number of nitrogens with one attached hydrogen (secondary N) is 1. The third-order valence-corrected chi connectivity index (χ3v) is 5.79. The molecule has 1 N–H and O–H groups in total. The number of benzene rings is 1. The molecule has 1 aliphatic carbocycles. The molecule has 1 fully saturated rings. The van der Waals surface area contributed by atoms with E-state index >= 15 is 0 Å². The topological polar surface area (TPSA) is 29.1 Å². The Hall–Kier alpha value is -1.56. The van der Waals surface area contributed by atoms with E-state index in [1.54, 1.807) is 0 Å². The third-order valence-electron chi connectivity index (χ3n) is 4.52. The van der Waals surface area contributed by atoms with Crippen LogP contribution in [0.25, 0.3) is 10.1 Å². The highest BCUT2D eigenvalue weighted by Gasteiger charge is 2.42. The maximum Gasteiger partial charge on any atom is 0.391 e. The van der Waals surface area contributed by atoms with Crippen molar-refractivity contribution in [2.45, 2.75) is 44.8 Å². The summed E-state index contributed by atoms with van der Waals surface area (Å²) in [7, 11) is 0. The lowest BCUT2D eigenvalue weighted by Gasteiger charge is -2.30. The van der Waals surface area contributed by atoms with Crippen LogP contribution < -0.4 is 5.32 Å². The van der Waals surface area contributed by atoms with Gasteiger partial charge in [-0.2, -0.15) is 13.2 Å². The lowest BCUT2D eigenvalue weighted by molar-refractivity contribution is -0.183. The molecule has 2 unspecified atom stereocenters. The minimum Gasteiger partial charge on any atom is -0.349 e. The number of amides is 1. The van der Waals surface area contributed by atoms with Crippen LogP contribution in [0.5, 0.6) is 0 Å². The molecule has 2 atom stereocenters. The molecule has 23 heavy (non-hydrogen) atoms. The molecule has 1 amide bonds. The lowest BCUT2D eigenvalue weighted by Crippen LogP contribution is -2.41. The zero-order chi connectivity index (χ0) is 16.6. The van der Waals surface area contributed by atoms with Gasteiger partial charge in [0.1, 0.15) is 0 Å². The first kappa shape index (κ1) is 16.3. The maximum atomic E-state index is 12.9. The van der Waals surface area contributed by atoms with E-state index in [0.717, 1.165) is 15.6 Å². The van der Waals surface area contributed by atoms with E-state index in [0.29, 0.717) is 17.7 Å². The lowest BCUT2D eigenvalue weighted by atomic mass is 9.85. The van der Waals surface area contributed by atoms with Gasteiger partial charge in [-0.1, -0.05) is 24.6 Å². The van der Waals surface area contributed by atoms with Gasteiger partial charge < -0.3 is 5.32 Å². The first-order valence-electron chi connectivity index (χ1n) is 7.72. The third kappa shape index (κ3) is 3.37. The van der Waals surface area contributed by atoms with Gasteiger partial charge in [-0.3, -0.25) is 4.79 Å². The normalized spacial score (nSPS) is 22.3. The standard InChI is InChI=1S/C17H18F3NOS/c1-10-13-7-2-3-8-14(13)23-15(10)16(22)21-12-6-4-5-11(9-12)17(18,19)20/h2-3,7-8,11-12H,4-6,9H2,1H3,(H,21,22). The molecule has 0 spiro atoms. The molecule has 3 rings (SSSR count). The fourth-order valence-corrected chi connectivity index (χ4v) is 4.37. The fourth-order valence-electron chi connectivity index (χ4n) is 3.26. The van der Waals surface area contributed by atoms with Crippen LogP contribution in [0.4, 0.5) is 13.2 Å². The van der Waals surface area contributed by atoms with Gasteiger partial charge in [0.25, 0.3) is 5.91 Å². The van der Waals surface area contributed by atoms with Gasteiger partial charge in [0.2, 0.25) is 0 Å². The second-order valence-corrected chi connectivity index (χ2v) is 7.18. The molecule has 2 nitrogen and oxygen atoms in total. The highest BCUT2D eigenvalue weighted by molar-refractivity contribution is 7.21. The summed E-state index contributed by atoms with van der Waals surface area (Å²) in [5, 5.41) is 3.84. The molecular weight excluding hydrogens is 323 g/mol. The summed E-state index contributed by atoms with van der Waals surface area (Å²) in [6.45, 7) is 1.88. The summed E-state index contributed by atoms with van der Waals surface area (Å²) < 4.78 is 39.6. The summed E-state index contributed by atoms with van der Waals surface area (Å²) >= 11 is 1.39. The number of halogens is 3. The zero-order valence-electron chi connectivity index (χ0n) is 12.7. The van der Waals surface area contributed by atoms with E-state index in [1.807, 2.05) is 31.2 Å². The highest BCUT2D eigenvalue weighted by atomic mass is 32.1. The van der Waals surface area contributed by atoms with Gasteiger partial charge in [0, 0.05) is 10.7 Å². The number of hydrogen-bond donors (Lipinski definition) is 1. The molecule has 1 aromatic heterocycles. The second-order valence-electron chi connectivity index (χ2n) is 6.13. The SMILES string of the molecule is Cc1c(C(=O)NC2CCCC(C(F)(F)F)C2)sc2ccccc12. The van der Waals surface area contributed by atoms with Crippen LogP contribution in [-0.2, 0) is 0 Å². The van der Waals surface area contributed by atoms with Crippen molar-refractivity contribution in [1.82, 2.24) is 5.32 Å². The van der Waals surface area contributed by atoms with E-state index in [-0.39, 0.29) is 18.7 Å². The molecule has 0 radical (unpaired) electrons. The van der Waals surface area contributed by atoms with Crippen molar-refractivity contribution in [3.05, 3.63) is 34.7 Å². The Balaban J connectivity index is 1.74. The second kappa shape index (κ2) is 6.15. The molecule has 1 heterocycles. The monoisotopic (exact) mass is 341 g/mol. The van der Waals surface area contributed by atoms with Crippen molar-refractivity contribution >= 4 is 27.3 Å². The number of carbonyl (C=O) groups excluding carboxylic acids is 1. The Labute approximate surface area is 136 Å². The summed E-state index contributed by atoms with van der Waals surface area (Å²) in [6.07, 6.45) is -2.91. The Morgan fingerprint density at radius 1 is 1.26 bits per heavy atom. The van der Waals surface area contributed by atoms with E-state index in [1.165, 1.54) is 11.3 Å². The summed E-state index contributed by atoms with van der Waals surface area (Å²) in [5.41, 5.74) is 0.895. The van der Waals surface area contributed by atoms with Crippen LogP contribution in [0.3, 0.4) is 0 Å². The van der Waals surface area contributed by atoms with Gasteiger partial charge in [0.05, 0.1) is 10.8 Å². The minimum atomic E-state index is -4.17. The van der Waals surface area contributed by atoms with Gasteiger partial charge in [-0.25, -0.2) is 0 Å². The highest BCUT2D eigenvalue weighted by Crippen LogP contribution is 2.38. The summed E-state index contributed by atoms with van der Waals surface area (Å²) in [4.78, 5) is 13.1. The average Bonchev–Trinajstić information content (AvgIpc) is 2.84. The van der Waals surface area contributed by atoms with Crippen LogP contribution in [0, 0.1) is 12.8 Å². The molecule has 1 aliphatic rings. The van der Waals surface area contributed by atoms with Crippen LogP contribution in [-0.4, -0.2) is 18.1 Å². The summed E-state index contributed by atoms with van der Waals surface area (Å²) in [6, 6.07) is 7.34. The van der Waals surface area contributed by atoms with Crippen LogP contribution in [0.15, 0.2) is 24.3 Å². The number of thiophene rings is 1. The first-order chi connectivity index (χ1) is 10.9. The van der Waals surface area contributed by atoms with Gasteiger partial charge in [0.15, 0.2) is 0 Å². The zero-order valence-corrected chi connectivity index (χ0v) is 13.6. The van der Waals surface area contributed by atoms with Gasteiger partial charge in [-0.05, 0) is 43.2 Å². The van der Waals surface area contributed by atoms with Crippen molar-refractivity contribution in [2.24, 2.45) is 5.92 Å². The predicted molar refractivity (Wildman–Crippen MR) is 85.8 cm³/mol. The van der Waals surface area contributed by atoms with Gasteiger partial charge >= 0.3 is 6.18 Å². The number of rotatable bonds is 2. The van der Waals surface area contributed by atoms with Crippen molar-refractivity contribution < 1.29 is 18.0 Å². The number of hydrogen-bond acceptors (Lipinski definition) is 2. The molecule has 2 aromatic rings. The summed E-state index contributed by atoms with van der Waals surface area (Å²) in [5.74, 6) is -1.55. The number of carbonyl (C=O) groups is 1. The largest absolute Gasteiger partial charge is 0.391 e. The Morgan fingerprint density at radius 2 is 2.00 bits per heavy atom. The van der Waals surface area contributed by atoms with Crippen molar-refractivity contribution in [3.8, 4) is 0 Å². The Kier molecular flexibility index (Phi) is 4.36. The van der Waals surface area contributed by atoms with Crippen molar-refractivity contribution in [1.29, 1.82) is 0 Å². The smallest absolute Gasteiger partial charge is 0.349 e.